The molecule has 0 fully saturated rings. The molecule has 19 heavy (non-hydrogen) atoms. The van der Waals surface area contributed by atoms with Gasteiger partial charge in [-0.3, -0.25) is 4.98 Å². The third kappa shape index (κ3) is 3.58. The van der Waals surface area contributed by atoms with E-state index in [1.807, 2.05) is 6.07 Å². The third-order valence-corrected chi connectivity index (χ3v) is 3.52. The molecule has 1 atom stereocenters. The molecule has 2 rings (SSSR count). The van der Waals surface area contributed by atoms with Crippen LogP contribution in [0.1, 0.15) is 17.2 Å². The Kier molecular flexibility index (Phi) is 4.65. The van der Waals surface area contributed by atoms with Crippen molar-refractivity contribution in [3.8, 4) is 0 Å². The Balaban J connectivity index is 2.28. The lowest BCUT2D eigenvalue weighted by Gasteiger charge is -2.14. The Labute approximate surface area is 126 Å². The van der Waals surface area contributed by atoms with E-state index in [1.54, 1.807) is 12.4 Å². The van der Waals surface area contributed by atoms with Crippen LogP contribution in [0.4, 0.5) is 8.78 Å². The average Bonchev–Trinajstić information content (AvgIpc) is 2.27. The standard InChI is InChI=1S/C13H10Br2F2N2/c14-8-3-10(16)13(11(17)4-8)12(18)2-7-1-9(15)6-19-5-7/h1,3-6,12H,2,18H2. The topological polar surface area (TPSA) is 38.9 Å². The van der Waals surface area contributed by atoms with E-state index in [2.05, 4.69) is 36.8 Å². The SMILES string of the molecule is NC(Cc1cncc(Br)c1)c1c(F)cc(Br)cc1F. The van der Waals surface area contributed by atoms with Crippen molar-refractivity contribution in [1.29, 1.82) is 0 Å². The minimum atomic E-state index is -0.760. The van der Waals surface area contributed by atoms with Crippen LogP contribution in [-0.2, 0) is 6.42 Å². The van der Waals surface area contributed by atoms with Gasteiger partial charge in [-0.2, -0.15) is 0 Å². The number of hydrogen-bond acceptors (Lipinski definition) is 2. The molecule has 0 saturated carbocycles. The maximum absolute atomic E-state index is 13.8. The van der Waals surface area contributed by atoms with Crippen LogP contribution in [0.2, 0.25) is 0 Å². The second-order valence-electron chi connectivity index (χ2n) is 4.11. The molecule has 0 radical (unpaired) electrons. The molecule has 1 aromatic carbocycles. The molecule has 6 heteroatoms. The summed E-state index contributed by atoms with van der Waals surface area (Å²) in [4.78, 5) is 3.99. The second-order valence-corrected chi connectivity index (χ2v) is 5.94. The molecule has 0 bridgehead atoms. The Hall–Kier alpha value is -0.850. The summed E-state index contributed by atoms with van der Waals surface area (Å²) in [6.45, 7) is 0. The lowest BCUT2D eigenvalue weighted by Crippen LogP contribution is -2.17. The Morgan fingerprint density at radius 3 is 2.26 bits per heavy atom. The van der Waals surface area contributed by atoms with E-state index < -0.39 is 17.7 Å². The summed E-state index contributed by atoms with van der Waals surface area (Å²) in [6, 6.07) is 3.47. The molecular weight excluding hydrogens is 382 g/mol. The van der Waals surface area contributed by atoms with Gasteiger partial charge in [0.2, 0.25) is 0 Å². The number of rotatable bonds is 3. The van der Waals surface area contributed by atoms with Crippen LogP contribution < -0.4 is 5.73 Å². The van der Waals surface area contributed by atoms with Crippen molar-refractivity contribution in [1.82, 2.24) is 4.98 Å². The minimum Gasteiger partial charge on any atom is -0.323 e. The fourth-order valence-electron chi connectivity index (χ4n) is 1.83. The molecule has 2 N–H and O–H groups in total. The molecule has 1 aromatic heterocycles. The summed E-state index contributed by atoms with van der Waals surface area (Å²) in [5.41, 5.74) is 6.59. The molecule has 2 aromatic rings. The lowest BCUT2D eigenvalue weighted by atomic mass is 10.00. The Morgan fingerprint density at radius 1 is 1.05 bits per heavy atom. The van der Waals surface area contributed by atoms with E-state index in [4.69, 9.17) is 5.73 Å². The summed E-state index contributed by atoms with van der Waals surface area (Å²) in [6.07, 6.45) is 3.57. The van der Waals surface area contributed by atoms with E-state index >= 15 is 0 Å². The molecule has 1 heterocycles. The zero-order valence-electron chi connectivity index (χ0n) is 9.71. The van der Waals surface area contributed by atoms with E-state index in [-0.39, 0.29) is 5.56 Å². The number of hydrogen-bond donors (Lipinski definition) is 1. The normalized spacial score (nSPS) is 12.5. The van der Waals surface area contributed by atoms with Crippen molar-refractivity contribution in [2.45, 2.75) is 12.5 Å². The summed E-state index contributed by atoms with van der Waals surface area (Å²) in [7, 11) is 0. The Bertz CT molecular complexity index is 582. The number of halogens is 4. The molecular formula is C13H10Br2F2N2. The highest BCUT2D eigenvalue weighted by atomic mass is 79.9. The van der Waals surface area contributed by atoms with Crippen molar-refractivity contribution in [3.63, 3.8) is 0 Å². The van der Waals surface area contributed by atoms with Gasteiger partial charge in [-0.15, -0.1) is 0 Å². The minimum absolute atomic E-state index is 0.108. The zero-order valence-corrected chi connectivity index (χ0v) is 12.9. The van der Waals surface area contributed by atoms with Gasteiger partial charge in [0.25, 0.3) is 0 Å². The van der Waals surface area contributed by atoms with Gasteiger partial charge in [0, 0.05) is 32.9 Å². The predicted octanol–water partition coefficient (Wildman–Crippen LogP) is 4.13. The van der Waals surface area contributed by atoms with Crippen LogP contribution in [0, 0.1) is 11.6 Å². The molecule has 0 aliphatic carbocycles. The maximum atomic E-state index is 13.8. The van der Waals surface area contributed by atoms with Gasteiger partial charge in [0.15, 0.2) is 0 Å². The Morgan fingerprint density at radius 2 is 1.68 bits per heavy atom. The second kappa shape index (κ2) is 6.07. The average molecular weight is 392 g/mol. The van der Waals surface area contributed by atoms with Crippen LogP contribution in [0.3, 0.4) is 0 Å². The van der Waals surface area contributed by atoms with Gasteiger partial charge in [0.05, 0.1) is 0 Å². The summed E-state index contributed by atoms with van der Waals surface area (Å²) in [5.74, 6) is -1.30. The van der Waals surface area contributed by atoms with Gasteiger partial charge >= 0.3 is 0 Å². The number of aromatic nitrogens is 1. The van der Waals surface area contributed by atoms with Crippen LogP contribution in [0.15, 0.2) is 39.5 Å². The van der Waals surface area contributed by atoms with Crippen LogP contribution in [0.5, 0.6) is 0 Å². The first-order valence-electron chi connectivity index (χ1n) is 5.47. The van der Waals surface area contributed by atoms with E-state index in [9.17, 15) is 8.78 Å². The van der Waals surface area contributed by atoms with Gasteiger partial charge < -0.3 is 5.73 Å². The number of pyridine rings is 1. The maximum Gasteiger partial charge on any atom is 0.132 e. The fraction of sp³-hybridized carbons (Fsp3) is 0.154. The molecule has 0 spiro atoms. The van der Waals surface area contributed by atoms with Crippen molar-refractivity contribution < 1.29 is 8.78 Å². The van der Waals surface area contributed by atoms with Crippen molar-refractivity contribution in [2.75, 3.05) is 0 Å². The number of nitrogens with zero attached hydrogens (tertiary/aromatic N) is 1. The first kappa shape index (κ1) is 14.6. The zero-order chi connectivity index (χ0) is 14.0. The van der Waals surface area contributed by atoms with Crippen LogP contribution in [0.25, 0.3) is 0 Å². The van der Waals surface area contributed by atoms with Gasteiger partial charge in [-0.1, -0.05) is 15.9 Å². The fourth-order valence-corrected chi connectivity index (χ4v) is 2.65. The highest BCUT2D eigenvalue weighted by molar-refractivity contribution is 9.10. The molecule has 2 nitrogen and oxygen atoms in total. The van der Waals surface area contributed by atoms with Crippen LogP contribution in [-0.4, -0.2) is 4.98 Å². The molecule has 1 unspecified atom stereocenters. The van der Waals surface area contributed by atoms with Crippen molar-refractivity contribution in [3.05, 3.63) is 62.3 Å². The number of nitrogens with two attached hydrogens (primary N) is 1. The van der Waals surface area contributed by atoms with Crippen molar-refractivity contribution >= 4 is 31.9 Å². The van der Waals surface area contributed by atoms with Gasteiger partial charge in [-0.05, 0) is 46.1 Å². The molecule has 0 saturated heterocycles. The summed E-state index contributed by atoms with van der Waals surface area (Å²) >= 11 is 6.32. The molecule has 0 amide bonds. The van der Waals surface area contributed by atoms with Crippen molar-refractivity contribution in [2.24, 2.45) is 5.73 Å². The molecule has 100 valence electrons. The van der Waals surface area contributed by atoms with E-state index in [1.165, 1.54) is 12.1 Å². The monoisotopic (exact) mass is 390 g/mol. The molecule has 0 aliphatic rings. The first-order chi connectivity index (χ1) is 8.97. The third-order valence-electron chi connectivity index (χ3n) is 2.63. The molecule has 0 aliphatic heterocycles. The van der Waals surface area contributed by atoms with Gasteiger partial charge in [-0.25, -0.2) is 8.78 Å². The predicted molar refractivity (Wildman–Crippen MR) is 76.6 cm³/mol. The largest absolute Gasteiger partial charge is 0.323 e. The van der Waals surface area contributed by atoms with Gasteiger partial charge in [0.1, 0.15) is 11.6 Å². The first-order valence-corrected chi connectivity index (χ1v) is 7.05. The summed E-state index contributed by atoms with van der Waals surface area (Å²) in [5, 5.41) is 0. The van der Waals surface area contributed by atoms with E-state index in [0.29, 0.717) is 10.9 Å². The van der Waals surface area contributed by atoms with E-state index in [0.717, 1.165) is 10.0 Å². The smallest absolute Gasteiger partial charge is 0.132 e. The van der Waals surface area contributed by atoms with Crippen LogP contribution >= 0.6 is 31.9 Å². The quantitative estimate of drug-likeness (QED) is 0.854. The highest BCUT2D eigenvalue weighted by Crippen LogP contribution is 2.26. The lowest BCUT2D eigenvalue weighted by molar-refractivity contribution is 0.523. The summed E-state index contributed by atoms with van der Waals surface area (Å²) < 4.78 is 28.7. The number of benzene rings is 1. The highest BCUT2D eigenvalue weighted by Gasteiger charge is 2.18.